The van der Waals surface area contributed by atoms with E-state index in [1.54, 1.807) is 29.9 Å². The Bertz CT molecular complexity index is 746. The zero-order chi connectivity index (χ0) is 19.4. The third-order valence-electron chi connectivity index (χ3n) is 4.86. The highest BCUT2D eigenvalue weighted by molar-refractivity contribution is 6.31. The number of morpholine rings is 1. The molecule has 0 spiro atoms. The van der Waals surface area contributed by atoms with Crippen molar-refractivity contribution in [3.8, 4) is 0 Å². The Morgan fingerprint density at radius 3 is 2.70 bits per heavy atom. The van der Waals surface area contributed by atoms with Crippen LogP contribution in [0.1, 0.15) is 18.5 Å². The van der Waals surface area contributed by atoms with Crippen molar-refractivity contribution < 1.29 is 19.1 Å². The van der Waals surface area contributed by atoms with Gasteiger partial charge in [0.2, 0.25) is 0 Å². The number of amides is 3. The molecule has 1 fully saturated rings. The number of methoxy groups -OCH3 is 1. The standard InChI is InChI=1S/C19H24ClN3O4/c1-13-16(18(24)22-7-11-27-12-8-22)17(14-5-3-4-6-15(14)20)21-19(25)23(13)9-10-26-2/h3-6,17H,7-12H2,1-2H3,(H,21,25)/t17-/m1/s1. The van der Waals surface area contributed by atoms with Crippen LogP contribution in [0, 0.1) is 0 Å². The van der Waals surface area contributed by atoms with E-state index in [9.17, 15) is 9.59 Å². The van der Waals surface area contributed by atoms with Gasteiger partial charge in [0.1, 0.15) is 0 Å². The summed E-state index contributed by atoms with van der Waals surface area (Å²) in [6.45, 7) is 4.60. The minimum absolute atomic E-state index is 0.108. The lowest BCUT2D eigenvalue weighted by atomic mass is 9.93. The molecule has 3 amide bonds. The molecule has 2 aliphatic rings. The van der Waals surface area contributed by atoms with E-state index in [1.807, 2.05) is 18.2 Å². The van der Waals surface area contributed by atoms with Crippen LogP contribution in [-0.2, 0) is 14.3 Å². The molecule has 1 aromatic rings. The van der Waals surface area contributed by atoms with Crippen molar-refractivity contribution in [1.29, 1.82) is 0 Å². The molecule has 0 unspecified atom stereocenters. The van der Waals surface area contributed by atoms with Gasteiger partial charge in [0.25, 0.3) is 5.91 Å². The molecule has 0 bridgehead atoms. The number of ether oxygens (including phenoxy) is 2. The summed E-state index contributed by atoms with van der Waals surface area (Å²) in [5.41, 5.74) is 1.85. The molecule has 1 aromatic carbocycles. The molecule has 0 aliphatic carbocycles. The Kier molecular flexibility index (Phi) is 6.36. The fourth-order valence-corrected chi connectivity index (χ4v) is 3.63. The van der Waals surface area contributed by atoms with Crippen molar-refractivity contribution in [2.75, 3.05) is 46.6 Å². The van der Waals surface area contributed by atoms with Crippen LogP contribution in [0.5, 0.6) is 0 Å². The van der Waals surface area contributed by atoms with Crippen LogP contribution >= 0.6 is 11.6 Å². The molecule has 146 valence electrons. The minimum Gasteiger partial charge on any atom is -0.383 e. The highest BCUT2D eigenvalue weighted by atomic mass is 35.5. The van der Waals surface area contributed by atoms with E-state index in [4.69, 9.17) is 21.1 Å². The number of benzene rings is 1. The number of hydrogen-bond donors (Lipinski definition) is 1. The van der Waals surface area contributed by atoms with Crippen LogP contribution in [0.25, 0.3) is 0 Å². The van der Waals surface area contributed by atoms with Gasteiger partial charge in [0.15, 0.2) is 0 Å². The summed E-state index contributed by atoms with van der Waals surface area (Å²) >= 11 is 6.38. The van der Waals surface area contributed by atoms with Crippen LogP contribution in [-0.4, -0.2) is 68.3 Å². The quantitative estimate of drug-likeness (QED) is 0.832. The van der Waals surface area contributed by atoms with E-state index in [0.717, 1.165) is 0 Å². The largest absolute Gasteiger partial charge is 0.383 e. The molecule has 7 nitrogen and oxygen atoms in total. The monoisotopic (exact) mass is 393 g/mol. The molecule has 2 heterocycles. The average Bonchev–Trinajstić information content (AvgIpc) is 2.68. The number of halogens is 1. The van der Waals surface area contributed by atoms with E-state index in [2.05, 4.69) is 5.32 Å². The van der Waals surface area contributed by atoms with E-state index < -0.39 is 6.04 Å². The van der Waals surface area contributed by atoms with Gasteiger partial charge in [-0.1, -0.05) is 29.8 Å². The van der Waals surface area contributed by atoms with Crippen LogP contribution < -0.4 is 5.32 Å². The normalized spacial score (nSPS) is 20.7. The zero-order valence-electron chi connectivity index (χ0n) is 15.5. The maximum Gasteiger partial charge on any atom is 0.322 e. The van der Waals surface area contributed by atoms with Gasteiger partial charge in [-0.15, -0.1) is 0 Å². The van der Waals surface area contributed by atoms with E-state index in [1.165, 1.54) is 0 Å². The van der Waals surface area contributed by atoms with Gasteiger partial charge in [0, 0.05) is 30.9 Å². The third kappa shape index (κ3) is 4.10. The zero-order valence-corrected chi connectivity index (χ0v) is 16.3. The summed E-state index contributed by atoms with van der Waals surface area (Å²) in [5.74, 6) is -0.108. The van der Waals surface area contributed by atoms with Gasteiger partial charge in [-0.3, -0.25) is 9.69 Å². The van der Waals surface area contributed by atoms with Crippen molar-refractivity contribution in [2.24, 2.45) is 0 Å². The van der Waals surface area contributed by atoms with Crippen molar-refractivity contribution in [2.45, 2.75) is 13.0 Å². The predicted octanol–water partition coefficient (Wildman–Crippen LogP) is 2.19. The van der Waals surface area contributed by atoms with Crippen LogP contribution in [0.4, 0.5) is 4.79 Å². The van der Waals surface area contributed by atoms with Crippen LogP contribution in [0.3, 0.4) is 0 Å². The average molecular weight is 394 g/mol. The smallest absolute Gasteiger partial charge is 0.322 e. The predicted molar refractivity (Wildman–Crippen MR) is 101 cm³/mol. The fourth-order valence-electron chi connectivity index (χ4n) is 3.39. The first-order chi connectivity index (χ1) is 13.0. The molecule has 27 heavy (non-hydrogen) atoms. The molecule has 8 heteroatoms. The SMILES string of the molecule is COCCN1C(=O)N[C@H](c2ccccc2Cl)C(C(=O)N2CCOCC2)=C1C. The van der Waals surface area contributed by atoms with Gasteiger partial charge in [-0.25, -0.2) is 4.79 Å². The van der Waals surface area contributed by atoms with Crippen molar-refractivity contribution in [1.82, 2.24) is 15.1 Å². The Balaban J connectivity index is 2.03. The first-order valence-electron chi connectivity index (χ1n) is 8.93. The van der Waals surface area contributed by atoms with E-state index >= 15 is 0 Å². The maximum absolute atomic E-state index is 13.3. The Morgan fingerprint density at radius 1 is 1.33 bits per heavy atom. The molecule has 3 rings (SSSR count). The summed E-state index contributed by atoms with van der Waals surface area (Å²) in [5, 5.41) is 3.45. The Morgan fingerprint density at radius 2 is 2.04 bits per heavy atom. The fraction of sp³-hybridized carbons (Fsp3) is 0.474. The summed E-state index contributed by atoms with van der Waals surface area (Å²) in [6, 6.07) is 6.39. The second-order valence-electron chi connectivity index (χ2n) is 6.45. The van der Waals surface area contributed by atoms with Crippen molar-refractivity contribution in [3.63, 3.8) is 0 Å². The molecule has 1 saturated heterocycles. The first kappa shape index (κ1) is 19.7. The molecular formula is C19H24ClN3O4. The van der Waals surface area contributed by atoms with Gasteiger partial charge >= 0.3 is 6.03 Å². The number of nitrogens with zero attached hydrogens (tertiary/aromatic N) is 2. The first-order valence-corrected chi connectivity index (χ1v) is 9.31. The lowest BCUT2D eigenvalue weighted by Crippen LogP contribution is -2.51. The van der Waals surface area contributed by atoms with Gasteiger partial charge in [0.05, 0.1) is 38.0 Å². The number of rotatable bonds is 5. The molecule has 2 aliphatic heterocycles. The second-order valence-corrected chi connectivity index (χ2v) is 6.86. The van der Waals surface area contributed by atoms with Gasteiger partial charge in [-0.2, -0.15) is 0 Å². The highest BCUT2D eigenvalue weighted by Crippen LogP contribution is 2.35. The molecule has 0 radical (unpaired) electrons. The molecule has 1 N–H and O–H groups in total. The maximum atomic E-state index is 13.3. The molecular weight excluding hydrogens is 370 g/mol. The number of urea groups is 1. The minimum atomic E-state index is -0.597. The number of hydrogen-bond acceptors (Lipinski definition) is 4. The number of carbonyl (C=O) groups excluding carboxylic acids is 2. The van der Waals surface area contributed by atoms with Crippen LogP contribution in [0.15, 0.2) is 35.5 Å². The summed E-state index contributed by atoms with van der Waals surface area (Å²) < 4.78 is 10.5. The molecule has 0 aromatic heterocycles. The highest BCUT2D eigenvalue weighted by Gasteiger charge is 2.38. The summed E-state index contributed by atoms with van der Waals surface area (Å²) in [6.07, 6.45) is 0. The van der Waals surface area contributed by atoms with Crippen molar-refractivity contribution in [3.05, 3.63) is 46.1 Å². The third-order valence-corrected chi connectivity index (χ3v) is 5.20. The molecule has 1 atom stereocenters. The number of carbonyl (C=O) groups is 2. The number of allylic oxidation sites excluding steroid dienone is 1. The topological polar surface area (TPSA) is 71.1 Å². The van der Waals surface area contributed by atoms with Crippen LogP contribution in [0.2, 0.25) is 5.02 Å². The molecule has 0 saturated carbocycles. The summed E-state index contributed by atoms with van der Waals surface area (Å²) in [4.78, 5) is 29.3. The lowest BCUT2D eigenvalue weighted by molar-refractivity contribution is -0.131. The lowest BCUT2D eigenvalue weighted by Gasteiger charge is -2.38. The van der Waals surface area contributed by atoms with E-state index in [0.29, 0.717) is 61.3 Å². The second kappa shape index (κ2) is 8.73. The van der Waals surface area contributed by atoms with Gasteiger partial charge in [-0.05, 0) is 18.6 Å². The summed E-state index contributed by atoms with van der Waals surface area (Å²) in [7, 11) is 1.58. The Labute approximate surface area is 163 Å². The Hall–Kier alpha value is -2.09. The van der Waals surface area contributed by atoms with Crippen molar-refractivity contribution >= 4 is 23.5 Å². The number of nitrogens with one attached hydrogen (secondary N) is 1. The van der Waals surface area contributed by atoms with E-state index in [-0.39, 0.29) is 11.9 Å². The van der Waals surface area contributed by atoms with Gasteiger partial charge < -0.3 is 19.7 Å².